The van der Waals surface area contributed by atoms with E-state index in [0.717, 1.165) is 11.3 Å². The molecular formula is C19H25N3O2. The lowest BCUT2D eigenvalue weighted by atomic mass is 10.1. The summed E-state index contributed by atoms with van der Waals surface area (Å²) in [4.78, 5) is 29.4. The van der Waals surface area contributed by atoms with E-state index in [2.05, 4.69) is 27.3 Å². The minimum absolute atomic E-state index is 0.0317. The van der Waals surface area contributed by atoms with Gasteiger partial charge in [-0.3, -0.25) is 9.59 Å². The molecule has 0 saturated heterocycles. The molecule has 5 nitrogen and oxygen atoms in total. The van der Waals surface area contributed by atoms with E-state index in [0.29, 0.717) is 23.4 Å². The van der Waals surface area contributed by atoms with Crippen LogP contribution < -0.4 is 5.32 Å². The number of nitrogens with zero attached hydrogens (tertiary/aromatic N) is 1. The third-order valence-corrected chi connectivity index (χ3v) is 4.28. The van der Waals surface area contributed by atoms with Crippen LogP contribution in [0.4, 0.5) is 0 Å². The van der Waals surface area contributed by atoms with E-state index in [-0.39, 0.29) is 17.7 Å². The minimum Gasteiger partial charge on any atom is -0.354 e. The molecule has 1 aromatic heterocycles. The first-order valence-corrected chi connectivity index (χ1v) is 8.02. The minimum atomic E-state index is -0.189. The summed E-state index contributed by atoms with van der Waals surface area (Å²) < 4.78 is 0. The smallest absolute Gasteiger partial charge is 0.268 e. The molecule has 1 heterocycles. The molecule has 1 amide bonds. The molecule has 1 aromatic carbocycles. The molecule has 0 spiro atoms. The third-order valence-electron chi connectivity index (χ3n) is 4.28. The van der Waals surface area contributed by atoms with Crippen molar-refractivity contribution in [2.75, 3.05) is 20.6 Å². The Kier molecular flexibility index (Phi) is 5.57. The lowest BCUT2D eigenvalue weighted by molar-refractivity contribution is 0.0936. The van der Waals surface area contributed by atoms with E-state index in [1.807, 2.05) is 39.2 Å². The number of carbonyl (C=O) groups excluding carboxylic acids is 2. The lowest BCUT2D eigenvalue weighted by Crippen LogP contribution is -2.35. The number of Topliss-reactive ketones (excluding diaryl/α,β-unsaturated/α-hetero) is 1. The zero-order valence-corrected chi connectivity index (χ0v) is 14.9. The highest BCUT2D eigenvalue weighted by Gasteiger charge is 2.21. The van der Waals surface area contributed by atoms with E-state index < -0.39 is 0 Å². The second-order valence-electron chi connectivity index (χ2n) is 6.28. The molecule has 24 heavy (non-hydrogen) atoms. The number of aromatic nitrogens is 1. The van der Waals surface area contributed by atoms with Gasteiger partial charge in [-0.2, -0.15) is 0 Å². The van der Waals surface area contributed by atoms with Gasteiger partial charge < -0.3 is 15.2 Å². The van der Waals surface area contributed by atoms with Gasteiger partial charge >= 0.3 is 0 Å². The Hall–Kier alpha value is -2.40. The van der Waals surface area contributed by atoms with E-state index in [1.165, 1.54) is 6.92 Å². The third kappa shape index (κ3) is 3.74. The molecule has 2 rings (SSSR count). The van der Waals surface area contributed by atoms with Gasteiger partial charge in [0, 0.05) is 17.8 Å². The molecule has 0 aliphatic carbocycles. The highest BCUT2D eigenvalue weighted by molar-refractivity contribution is 6.02. The molecule has 0 saturated carbocycles. The second kappa shape index (κ2) is 7.45. The summed E-state index contributed by atoms with van der Waals surface area (Å²) in [6.07, 6.45) is 0. The summed E-state index contributed by atoms with van der Waals surface area (Å²) in [7, 11) is 3.98. The van der Waals surface area contributed by atoms with Gasteiger partial charge in [0.2, 0.25) is 0 Å². The van der Waals surface area contributed by atoms with Gasteiger partial charge in [0.25, 0.3) is 5.91 Å². The summed E-state index contributed by atoms with van der Waals surface area (Å²) in [5, 5.41) is 2.98. The maximum absolute atomic E-state index is 12.5. The van der Waals surface area contributed by atoms with Gasteiger partial charge in [0.15, 0.2) is 5.78 Å². The van der Waals surface area contributed by atoms with Crippen molar-refractivity contribution >= 4 is 11.7 Å². The number of likely N-dealkylation sites (N-methyl/N-ethyl adjacent to an activating group) is 1. The van der Waals surface area contributed by atoms with Crippen molar-refractivity contribution in [1.29, 1.82) is 0 Å². The molecule has 128 valence electrons. The number of rotatable bonds is 6. The number of hydrogen-bond acceptors (Lipinski definition) is 3. The number of carbonyl (C=O) groups is 2. The summed E-state index contributed by atoms with van der Waals surface area (Å²) >= 11 is 0. The summed E-state index contributed by atoms with van der Waals surface area (Å²) in [6.45, 7) is 5.62. The van der Waals surface area contributed by atoms with Gasteiger partial charge in [-0.25, -0.2) is 0 Å². The van der Waals surface area contributed by atoms with Gasteiger partial charge in [0.05, 0.1) is 6.04 Å². The first-order chi connectivity index (χ1) is 11.3. The Morgan fingerprint density at radius 1 is 1.17 bits per heavy atom. The fraction of sp³-hybridized carbons (Fsp3) is 0.368. The average Bonchev–Trinajstić information content (AvgIpc) is 2.83. The molecule has 1 unspecified atom stereocenters. The molecule has 0 aliphatic heterocycles. The van der Waals surface area contributed by atoms with Gasteiger partial charge in [-0.05, 0) is 46.0 Å². The van der Waals surface area contributed by atoms with Gasteiger partial charge in [-0.1, -0.05) is 30.3 Å². The number of aromatic amines is 1. The Labute approximate surface area is 143 Å². The predicted molar refractivity (Wildman–Crippen MR) is 95.5 cm³/mol. The standard InChI is InChI=1S/C19H25N3O2/c1-12-17(14(3)23)13(2)21-18(12)19(24)20-11-16(22(4)5)15-9-7-6-8-10-15/h6-10,16,21H,11H2,1-5H3,(H,20,24). The summed E-state index contributed by atoms with van der Waals surface area (Å²) in [5.74, 6) is -0.221. The molecule has 0 fully saturated rings. The monoisotopic (exact) mass is 327 g/mol. The molecular weight excluding hydrogens is 302 g/mol. The van der Waals surface area contributed by atoms with Crippen LogP contribution in [-0.4, -0.2) is 42.2 Å². The first-order valence-electron chi connectivity index (χ1n) is 8.02. The van der Waals surface area contributed by atoms with E-state index in [9.17, 15) is 9.59 Å². The number of ketones is 1. The largest absolute Gasteiger partial charge is 0.354 e. The SMILES string of the molecule is CC(=O)c1c(C)[nH]c(C(=O)NCC(c2ccccc2)N(C)C)c1C. The van der Waals surface area contributed by atoms with Crippen molar-refractivity contribution in [3.63, 3.8) is 0 Å². The van der Waals surface area contributed by atoms with Crippen LogP contribution in [0.25, 0.3) is 0 Å². The molecule has 2 aromatic rings. The maximum atomic E-state index is 12.5. The number of nitrogens with one attached hydrogen (secondary N) is 2. The van der Waals surface area contributed by atoms with Crippen LogP contribution in [0.15, 0.2) is 30.3 Å². The predicted octanol–water partition coefficient (Wildman–Crippen LogP) is 2.87. The Bertz CT molecular complexity index is 733. The fourth-order valence-corrected chi connectivity index (χ4v) is 3.06. The average molecular weight is 327 g/mol. The van der Waals surface area contributed by atoms with Gasteiger partial charge in [-0.15, -0.1) is 0 Å². The Balaban J connectivity index is 2.15. The molecule has 0 radical (unpaired) electrons. The van der Waals surface area contributed by atoms with Crippen molar-refractivity contribution in [1.82, 2.24) is 15.2 Å². The molecule has 2 N–H and O–H groups in total. The van der Waals surface area contributed by atoms with E-state index >= 15 is 0 Å². The number of aryl methyl sites for hydroxylation is 1. The van der Waals surface area contributed by atoms with Crippen LogP contribution in [0.1, 0.15) is 50.6 Å². The molecule has 1 atom stereocenters. The van der Waals surface area contributed by atoms with Gasteiger partial charge in [0.1, 0.15) is 5.69 Å². The fourth-order valence-electron chi connectivity index (χ4n) is 3.06. The van der Waals surface area contributed by atoms with Crippen LogP contribution >= 0.6 is 0 Å². The van der Waals surface area contributed by atoms with Crippen LogP contribution in [0.2, 0.25) is 0 Å². The number of amides is 1. The lowest BCUT2D eigenvalue weighted by Gasteiger charge is -2.25. The topological polar surface area (TPSA) is 65.2 Å². The quantitative estimate of drug-likeness (QED) is 0.802. The van der Waals surface area contributed by atoms with Crippen LogP contribution in [0, 0.1) is 13.8 Å². The first kappa shape index (κ1) is 17.9. The molecule has 5 heteroatoms. The molecule has 0 aliphatic rings. The Morgan fingerprint density at radius 3 is 2.29 bits per heavy atom. The highest BCUT2D eigenvalue weighted by Crippen LogP contribution is 2.20. The van der Waals surface area contributed by atoms with Crippen LogP contribution in [-0.2, 0) is 0 Å². The Morgan fingerprint density at radius 2 is 1.79 bits per heavy atom. The normalized spacial score (nSPS) is 12.2. The number of benzene rings is 1. The van der Waals surface area contributed by atoms with Crippen LogP contribution in [0.3, 0.4) is 0 Å². The van der Waals surface area contributed by atoms with Crippen molar-refractivity contribution in [3.8, 4) is 0 Å². The summed E-state index contributed by atoms with van der Waals surface area (Å²) in [6, 6.07) is 10.1. The van der Waals surface area contributed by atoms with E-state index in [1.54, 1.807) is 6.92 Å². The second-order valence-corrected chi connectivity index (χ2v) is 6.28. The van der Waals surface area contributed by atoms with E-state index in [4.69, 9.17) is 0 Å². The zero-order chi connectivity index (χ0) is 17.9. The molecule has 0 bridgehead atoms. The van der Waals surface area contributed by atoms with Crippen molar-refractivity contribution in [2.45, 2.75) is 26.8 Å². The van der Waals surface area contributed by atoms with Crippen molar-refractivity contribution < 1.29 is 9.59 Å². The van der Waals surface area contributed by atoms with Crippen LogP contribution in [0.5, 0.6) is 0 Å². The van der Waals surface area contributed by atoms with Crippen molar-refractivity contribution in [3.05, 3.63) is 58.4 Å². The summed E-state index contributed by atoms with van der Waals surface area (Å²) in [5.41, 5.74) is 3.65. The highest BCUT2D eigenvalue weighted by atomic mass is 16.2. The maximum Gasteiger partial charge on any atom is 0.268 e. The number of hydrogen-bond donors (Lipinski definition) is 2. The number of H-pyrrole nitrogens is 1. The van der Waals surface area contributed by atoms with Crippen molar-refractivity contribution in [2.24, 2.45) is 0 Å². The zero-order valence-electron chi connectivity index (χ0n) is 14.9.